The van der Waals surface area contributed by atoms with Gasteiger partial charge in [-0.2, -0.15) is 0 Å². The van der Waals surface area contributed by atoms with E-state index in [0.717, 1.165) is 28.7 Å². The smallest absolute Gasteiger partial charge is 0.253 e. The summed E-state index contributed by atoms with van der Waals surface area (Å²) in [6.45, 7) is 6.95. The molecular weight excluding hydrogens is 487 g/mol. The largest absolute Gasteiger partial charge is 0.342 e. The van der Waals surface area contributed by atoms with Gasteiger partial charge in [0.1, 0.15) is 0 Å². The summed E-state index contributed by atoms with van der Waals surface area (Å²) < 4.78 is 2.05. The predicted molar refractivity (Wildman–Crippen MR) is 133 cm³/mol. The van der Waals surface area contributed by atoms with Crippen LogP contribution in [0.25, 0.3) is 0 Å². The molecule has 0 unspecified atom stereocenters. The van der Waals surface area contributed by atoms with Crippen molar-refractivity contribution in [3.05, 3.63) is 74.5 Å². The van der Waals surface area contributed by atoms with Crippen LogP contribution in [-0.2, 0) is 12.3 Å². The molecule has 32 heavy (non-hydrogen) atoms. The number of halogens is 3. The lowest BCUT2D eigenvalue weighted by Gasteiger charge is -2.21. The van der Waals surface area contributed by atoms with Crippen molar-refractivity contribution in [2.45, 2.75) is 50.7 Å². The molecule has 1 amide bonds. The SMILES string of the molecule is CCn1c(SCc2ccc(Cl)cc2)nnc1[C@@H](CC(C)C)NC(=O)c1ccc(Cl)cc1Cl. The number of rotatable bonds is 9. The van der Waals surface area contributed by atoms with Gasteiger partial charge in [0.25, 0.3) is 5.91 Å². The average Bonchev–Trinajstić information content (AvgIpc) is 3.15. The third kappa shape index (κ3) is 6.41. The first-order chi connectivity index (χ1) is 15.3. The van der Waals surface area contributed by atoms with E-state index in [-0.39, 0.29) is 11.9 Å². The molecule has 0 aliphatic heterocycles. The number of nitrogens with one attached hydrogen (secondary N) is 1. The number of thioether (sulfide) groups is 1. The van der Waals surface area contributed by atoms with Gasteiger partial charge in [-0.05, 0) is 55.2 Å². The molecule has 0 aliphatic carbocycles. The van der Waals surface area contributed by atoms with Crippen LogP contribution in [0.2, 0.25) is 15.1 Å². The molecule has 170 valence electrons. The minimum atomic E-state index is -0.299. The summed E-state index contributed by atoms with van der Waals surface area (Å²) >= 11 is 19.8. The Bertz CT molecular complexity index is 1070. The average molecular weight is 512 g/mol. The highest BCUT2D eigenvalue weighted by Gasteiger charge is 2.25. The van der Waals surface area contributed by atoms with Crippen LogP contribution in [0.3, 0.4) is 0 Å². The van der Waals surface area contributed by atoms with Crippen molar-refractivity contribution in [3.8, 4) is 0 Å². The first-order valence-electron chi connectivity index (χ1n) is 10.3. The second-order valence-corrected chi connectivity index (χ2v) is 10.0. The Morgan fingerprint density at radius 3 is 2.38 bits per heavy atom. The van der Waals surface area contributed by atoms with Gasteiger partial charge in [0, 0.05) is 22.3 Å². The molecule has 1 atom stereocenters. The molecule has 1 aromatic heterocycles. The van der Waals surface area contributed by atoms with E-state index < -0.39 is 0 Å². The standard InChI is InChI=1S/C23H25Cl3N4OS/c1-4-30-21(28-29-23(30)32-13-15-5-7-16(24)8-6-15)20(11-14(2)3)27-22(31)18-10-9-17(25)12-19(18)26/h5-10,12,14,20H,4,11,13H2,1-3H3,(H,27,31)/t20-/m1/s1. The van der Waals surface area contributed by atoms with Gasteiger partial charge < -0.3 is 9.88 Å². The first kappa shape index (κ1) is 24.9. The topological polar surface area (TPSA) is 59.8 Å². The first-order valence-corrected chi connectivity index (χ1v) is 12.5. The van der Waals surface area contributed by atoms with Crippen LogP contribution in [0.5, 0.6) is 0 Å². The third-order valence-corrected chi connectivity index (χ3v) is 6.68. The Labute approximate surface area is 207 Å². The summed E-state index contributed by atoms with van der Waals surface area (Å²) in [5.41, 5.74) is 1.53. The van der Waals surface area contributed by atoms with E-state index in [1.165, 1.54) is 0 Å². The maximum atomic E-state index is 13.0. The molecule has 3 rings (SSSR count). The zero-order valence-electron chi connectivity index (χ0n) is 18.1. The fraction of sp³-hybridized carbons (Fsp3) is 0.348. The van der Waals surface area contributed by atoms with Gasteiger partial charge in [0.15, 0.2) is 11.0 Å². The number of hydrogen-bond donors (Lipinski definition) is 1. The maximum Gasteiger partial charge on any atom is 0.253 e. The lowest BCUT2D eigenvalue weighted by molar-refractivity contribution is 0.0929. The number of hydrogen-bond acceptors (Lipinski definition) is 4. The Kier molecular flexibility index (Phi) is 8.88. The Morgan fingerprint density at radius 2 is 1.75 bits per heavy atom. The van der Waals surface area contributed by atoms with Crippen LogP contribution in [0.4, 0.5) is 0 Å². The van der Waals surface area contributed by atoms with Gasteiger partial charge >= 0.3 is 0 Å². The molecule has 0 spiro atoms. The van der Waals surface area contributed by atoms with Crippen molar-refractivity contribution in [1.29, 1.82) is 0 Å². The van der Waals surface area contributed by atoms with E-state index in [0.29, 0.717) is 33.1 Å². The molecule has 0 bridgehead atoms. The van der Waals surface area contributed by atoms with Crippen molar-refractivity contribution < 1.29 is 4.79 Å². The molecule has 1 N–H and O–H groups in total. The van der Waals surface area contributed by atoms with Crippen molar-refractivity contribution in [2.75, 3.05) is 0 Å². The van der Waals surface area contributed by atoms with Crippen molar-refractivity contribution in [2.24, 2.45) is 5.92 Å². The van der Waals surface area contributed by atoms with Gasteiger partial charge in [-0.25, -0.2) is 0 Å². The van der Waals surface area contributed by atoms with Crippen LogP contribution >= 0.6 is 46.6 Å². The quantitative estimate of drug-likeness (QED) is 0.312. The number of aromatic nitrogens is 3. The van der Waals surface area contributed by atoms with E-state index in [1.807, 2.05) is 31.2 Å². The molecule has 0 saturated carbocycles. The Balaban J connectivity index is 1.82. The molecule has 0 radical (unpaired) electrons. The number of amides is 1. The van der Waals surface area contributed by atoms with Gasteiger partial charge in [-0.15, -0.1) is 10.2 Å². The van der Waals surface area contributed by atoms with Gasteiger partial charge in [-0.3, -0.25) is 4.79 Å². The van der Waals surface area contributed by atoms with Crippen molar-refractivity contribution in [1.82, 2.24) is 20.1 Å². The highest BCUT2D eigenvalue weighted by molar-refractivity contribution is 7.98. The molecular formula is C23H25Cl3N4OS. The van der Waals surface area contributed by atoms with Gasteiger partial charge in [-0.1, -0.05) is 72.5 Å². The fourth-order valence-corrected chi connectivity index (χ4v) is 4.89. The highest BCUT2D eigenvalue weighted by Crippen LogP contribution is 2.28. The molecule has 2 aromatic carbocycles. The van der Waals surface area contributed by atoms with Crippen LogP contribution in [-0.4, -0.2) is 20.7 Å². The second-order valence-electron chi connectivity index (χ2n) is 7.78. The molecule has 0 saturated heterocycles. The minimum absolute atomic E-state index is 0.265. The zero-order chi connectivity index (χ0) is 23.3. The van der Waals surface area contributed by atoms with Crippen LogP contribution in [0, 0.1) is 5.92 Å². The van der Waals surface area contributed by atoms with Gasteiger partial charge in [0.2, 0.25) is 0 Å². The van der Waals surface area contributed by atoms with E-state index in [9.17, 15) is 4.79 Å². The number of carbonyl (C=O) groups is 1. The minimum Gasteiger partial charge on any atom is -0.342 e. The van der Waals surface area contributed by atoms with Gasteiger partial charge in [0.05, 0.1) is 16.6 Å². The maximum absolute atomic E-state index is 13.0. The summed E-state index contributed by atoms with van der Waals surface area (Å²) in [6.07, 6.45) is 0.719. The molecule has 9 heteroatoms. The van der Waals surface area contributed by atoms with Crippen LogP contribution < -0.4 is 5.32 Å². The fourth-order valence-electron chi connectivity index (χ4n) is 3.30. The summed E-state index contributed by atoms with van der Waals surface area (Å²) in [4.78, 5) is 13.0. The molecule has 1 heterocycles. The van der Waals surface area contributed by atoms with E-state index >= 15 is 0 Å². The van der Waals surface area contributed by atoms with E-state index in [4.69, 9.17) is 34.8 Å². The zero-order valence-corrected chi connectivity index (χ0v) is 21.2. The number of carbonyl (C=O) groups excluding carboxylic acids is 1. The second kappa shape index (κ2) is 11.4. The Morgan fingerprint density at radius 1 is 1.06 bits per heavy atom. The lowest BCUT2D eigenvalue weighted by Crippen LogP contribution is -2.31. The lowest BCUT2D eigenvalue weighted by atomic mass is 10.0. The van der Waals surface area contributed by atoms with Crippen molar-refractivity contribution in [3.63, 3.8) is 0 Å². The monoisotopic (exact) mass is 510 g/mol. The predicted octanol–water partition coefficient (Wildman–Crippen LogP) is 7.07. The highest BCUT2D eigenvalue weighted by atomic mass is 35.5. The molecule has 0 aliphatic rings. The van der Waals surface area contributed by atoms with E-state index in [1.54, 1.807) is 30.0 Å². The number of benzene rings is 2. The number of nitrogens with zero attached hydrogens (tertiary/aromatic N) is 3. The summed E-state index contributed by atoms with van der Waals surface area (Å²) in [6, 6.07) is 12.3. The summed E-state index contributed by atoms with van der Waals surface area (Å²) in [5, 5.41) is 14.3. The normalized spacial score (nSPS) is 12.2. The molecule has 5 nitrogen and oxygen atoms in total. The summed E-state index contributed by atoms with van der Waals surface area (Å²) in [7, 11) is 0. The van der Waals surface area contributed by atoms with Crippen molar-refractivity contribution >= 4 is 52.5 Å². The summed E-state index contributed by atoms with van der Waals surface area (Å²) in [5.74, 6) is 1.56. The van der Waals surface area contributed by atoms with E-state index in [2.05, 4.69) is 33.9 Å². The van der Waals surface area contributed by atoms with Crippen LogP contribution in [0.15, 0.2) is 47.6 Å². The molecule has 3 aromatic rings. The van der Waals surface area contributed by atoms with Crippen LogP contribution in [0.1, 0.15) is 55.0 Å². The third-order valence-electron chi connectivity index (χ3n) is 4.84. The molecule has 0 fully saturated rings. The Hall–Kier alpha value is -1.73.